The predicted octanol–water partition coefficient (Wildman–Crippen LogP) is 2.28. The number of carbonyl (C=O) groups is 2. The molecule has 0 aromatic heterocycles. The van der Waals surface area contributed by atoms with Crippen LogP contribution in [0.1, 0.15) is 20.8 Å². The van der Waals surface area contributed by atoms with E-state index in [0.29, 0.717) is 18.8 Å². The fraction of sp³-hybridized carbons (Fsp3) is 0.333. The normalized spacial score (nSPS) is 11.3. The quantitative estimate of drug-likeness (QED) is 0.599. The molecule has 0 aliphatic rings. The van der Waals surface area contributed by atoms with E-state index in [1.807, 2.05) is 57.2 Å². The Morgan fingerprint density at radius 2 is 1.61 bits per heavy atom. The maximum atomic E-state index is 12.0. The Morgan fingerprint density at radius 1 is 0.913 bits per heavy atom. The monoisotopic (exact) mass is 313 g/mol. The van der Waals surface area contributed by atoms with E-state index >= 15 is 0 Å². The Kier molecular flexibility index (Phi) is 5.34. The average Bonchev–Trinajstić information content (AvgIpc) is 2.50. The molecule has 0 aliphatic carbocycles. The molecule has 0 radical (unpaired) electrons. The van der Waals surface area contributed by atoms with Crippen molar-refractivity contribution < 1.29 is 9.59 Å². The largest absolute Gasteiger partial charge is 0.347 e. The van der Waals surface area contributed by atoms with Crippen molar-refractivity contribution in [2.45, 2.75) is 26.3 Å². The van der Waals surface area contributed by atoms with Gasteiger partial charge in [0.1, 0.15) is 0 Å². The molecule has 122 valence electrons. The third-order valence-corrected chi connectivity index (χ3v) is 3.31. The summed E-state index contributed by atoms with van der Waals surface area (Å²) in [6.45, 7) is 7.14. The van der Waals surface area contributed by atoms with Crippen molar-refractivity contribution in [3.63, 3.8) is 0 Å². The zero-order valence-electron chi connectivity index (χ0n) is 13.8. The van der Waals surface area contributed by atoms with Crippen LogP contribution in [-0.4, -0.2) is 30.4 Å². The minimum absolute atomic E-state index is 0.0179. The van der Waals surface area contributed by atoms with E-state index in [9.17, 15) is 9.59 Å². The lowest BCUT2D eigenvalue weighted by Crippen LogP contribution is -2.43. The van der Waals surface area contributed by atoms with E-state index in [1.165, 1.54) is 0 Å². The third kappa shape index (κ3) is 5.07. The molecule has 0 heterocycles. The van der Waals surface area contributed by atoms with Gasteiger partial charge in [0.05, 0.1) is 0 Å². The second-order valence-corrected chi connectivity index (χ2v) is 6.41. The van der Waals surface area contributed by atoms with Gasteiger partial charge in [0.25, 0.3) is 0 Å². The molecule has 0 saturated heterocycles. The molecule has 2 amide bonds. The summed E-state index contributed by atoms with van der Waals surface area (Å²) in [6.07, 6.45) is 0. The van der Waals surface area contributed by atoms with Gasteiger partial charge < -0.3 is 16.0 Å². The first kappa shape index (κ1) is 17.0. The van der Waals surface area contributed by atoms with E-state index in [4.69, 9.17) is 0 Å². The summed E-state index contributed by atoms with van der Waals surface area (Å²) in [4.78, 5) is 23.9. The molecule has 0 spiro atoms. The first-order chi connectivity index (χ1) is 10.9. The van der Waals surface area contributed by atoms with Crippen LogP contribution >= 0.6 is 0 Å². The Morgan fingerprint density at radius 3 is 2.35 bits per heavy atom. The highest BCUT2D eigenvalue weighted by Crippen LogP contribution is 2.22. The van der Waals surface area contributed by atoms with E-state index in [1.54, 1.807) is 6.07 Å². The smallest absolute Gasteiger partial charge is 0.313 e. The third-order valence-electron chi connectivity index (χ3n) is 3.31. The summed E-state index contributed by atoms with van der Waals surface area (Å²) < 4.78 is 0. The summed E-state index contributed by atoms with van der Waals surface area (Å²) in [5.74, 6) is -1.29. The SMILES string of the molecule is CC(C)(C)NCCNC(=O)C(=O)Nc1cccc2ccccc12. The van der Waals surface area contributed by atoms with Gasteiger partial charge in [0, 0.05) is 29.7 Å². The molecule has 0 atom stereocenters. The van der Waals surface area contributed by atoms with E-state index in [-0.39, 0.29) is 5.54 Å². The van der Waals surface area contributed by atoms with Crippen LogP contribution in [-0.2, 0) is 9.59 Å². The van der Waals surface area contributed by atoms with Gasteiger partial charge in [-0.2, -0.15) is 0 Å². The van der Waals surface area contributed by atoms with Crippen LogP contribution < -0.4 is 16.0 Å². The van der Waals surface area contributed by atoms with Gasteiger partial charge in [-0.1, -0.05) is 36.4 Å². The Hall–Kier alpha value is -2.40. The minimum atomic E-state index is -0.655. The van der Waals surface area contributed by atoms with Crippen LogP contribution in [0.25, 0.3) is 10.8 Å². The molecule has 0 bridgehead atoms. The standard InChI is InChI=1S/C18H23N3O2/c1-18(2,3)20-12-11-19-16(22)17(23)21-15-10-6-8-13-7-4-5-9-14(13)15/h4-10,20H,11-12H2,1-3H3,(H,19,22)(H,21,23). The molecule has 2 aromatic rings. The number of hydrogen-bond acceptors (Lipinski definition) is 3. The summed E-state index contributed by atoms with van der Waals surface area (Å²) in [5.41, 5.74) is 0.617. The highest BCUT2D eigenvalue weighted by Gasteiger charge is 2.15. The van der Waals surface area contributed by atoms with Crippen molar-refractivity contribution >= 4 is 28.3 Å². The molecule has 23 heavy (non-hydrogen) atoms. The second-order valence-electron chi connectivity index (χ2n) is 6.41. The molecule has 0 aliphatic heterocycles. The minimum Gasteiger partial charge on any atom is -0.347 e. The summed E-state index contributed by atoms with van der Waals surface area (Å²) >= 11 is 0. The number of nitrogens with one attached hydrogen (secondary N) is 3. The molecule has 0 unspecified atom stereocenters. The van der Waals surface area contributed by atoms with Gasteiger partial charge in [-0.05, 0) is 32.2 Å². The highest BCUT2D eigenvalue weighted by molar-refractivity contribution is 6.40. The number of fused-ring (bicyclic) bond motifs is 1. The summed E-state index contributed by atoms with van der Waals surface area (Å²) in [7, 11) is 0. The predicted molar refractivity (Wildman–Crippen MR) is 93.3 cm³/mol. The second kappa shape index (κ2) is 7.24. The van der Waals surface area contributed by atoms with E-state index in [2.05, 4.69) is 16.0 Å². The molecule has 5 nitrogen and oxygen atoms in total. The Labute approximate surface area is 136 Å². The van der Waals surface area contributed by atoms with Crippen molar-refractivity contribution in [3.05, 3.63) is 42.5 Å². The molecule has 2 aromatic carbocycles. The molecule has 0 fully saturated rings. The van der Waals surface area contributed by atoms with Gasteiger partial charge in [-0.25, -0.2) is 0 Å². The van der Waals surface area contributed by atoms with Crippen molar-refractivity contribution in [3.8, 4) is 0 Å². The zero-order valence-corrected chi connectivity index (χ0v) is 13.8. The van der Waals surface area contributed by atoms with Gasteiger partial charge in [-0.3, -0.25) is 9.59 Å². The Balaban J connectivity index is 1.92. The van der Waals surface area contributed by atoms with Crippen molar-refractivity contribution in [2.75, 3.05) is 18.4 Å². The Bertz CT molecular complexity index is 699. The van der Waals surface area contributed by atoms with E-state index in [0.717, 1.165) is 10.8 Å². The van der Waals surface area contributed by atoms with Crippen LogP contribution in [0.4, 0.5) is 5.69 Å². The number of amides is 2. The van der Waals surface area contributed by atoms with Crippen LogP contribution in [0, 0.1) is 0 Å². The average molecular weight is 313 g/mol. The number of rotatable bonds is 4. The molecular formula is C18H23N3O2. The number of carbonyl (C=O) groups excluding carboxylic acids is 2. The van der Waals surface area contributed by atoms with Gasteiger partial charge >= 0.3 is 11.8 Å². The summed E-state index contributed by atoms with van der Waals surface area (Å²) in [6, 6.07) is 13.3. The lowest BCUT2D eigenvalue weighted by atomic mass is 10.1. The lowest BCUT2D eigenvalue weighted by molar-refractivity contribution is -0.136. The first-order valence-corrected chi connectivity index (χ1v) is 7.69. The van der Waals surface area contributed by atoms with E-state index < -0.39 is 11.8 Å². The maximum absolute atomic E-state index is 12.0. The molecule has 2 rings (SSSR count). The van der Waals surface area contributed by atoms with Gasteiger partial charge in [0.15, 0.2) is 0 Å². The fourth-order valence-corrected chi connectivity index (χ4v) is 2.21. The van der Waals surface area contributed by atoms with Crippen molar-refractivity contribution in [1.29, 1.82) is 0 Å². The van der Waals surface area contributed by atoms with Crippen molar-refractivity contribution in [1.82, 2.24) is 10.6 Å². The molecule has 5 heteroatoms. The van der Waals surface area contributed by atoms with Gasteiger partial charge in [0.2, 0.25) is 0 Å². The zero-order chi connectivity index (χ0) is 16.9. The van der Waals surface area contributed by atoms with Crippen LogP contribution in [0.2, 0.25) is 0 Å². The number of anilines is 1. The summed E-state index contributed by atoms with van der Waals surface area (Å²) in [5, 5.41) is 10.4. The number of benzene rings is 2. The fourth-order valence-electron chi connectivity index (χ4n) is 2.21. The van der Waals surface area contributed by atoms with Crippen LogP contribution in [0.15, 0.2) is 42.5 Å². The lowest BCUT2D eigenvalue weighted by Gasteiger charge is -2.20. The molecular weight excluding hydrogens is 290 g/mol. The van der Waals surface area contributed by atoms with Gasteiger partial charge in [-0.15, -0.1) is 0 Å². The van der Waals surface area contributed by atoms with Crippen LogP contribution in [0.3, 0.4) is 0 Å². The molecule has 0 saturated carbocycles. The maximum Gasteiger partial charge on any atom is 0.313 e. The van der Waals surface area contributed by atoms with Crippen LogP contribution in [0.5, 0.6) is 0 Å². The number of hydrogen-bond donors (Lipinski definition) is 3. The molecule has 3 N–H and O–H groups in total. The highest BCUT2D eigenvalue weighted by atomic mass is 16.2. The van der Waals surface area contributed by atoms with Crippen molar-refractivity contribution in [2.24, 2.45) is 0 Å². The first-order valence-electron chi connectivity index (χ1n) is 7.69. The topological polar surface area (TPSA) is 70.2 Å².